The van der Waals surface area contributed by atoms with Gasteiger partial charge >= 0.3 is 0 Å². The van der Waals surface area contributed by atoms with E-state index in [9.17, 15) is 4.79 Å². The van der Waals surface area contributed by atoms with Gasteiger partial charge in [0.1, 0.15) is 11.8 Å². The molecule has 0 saturated heterocycles. The minimum absolute atomic E-state index is 0.290. The predicted molar refractivity (Wildman–Crippen MR) is 49.7 cm³/mol. The Morgan fingerprint density at radius 3 is 3.00 bits per heavy atom. The molecule has 0 N–H and O–H groups in total. The highest BCUT2D eigenvalue weighted by molar-refractivity contribution is 6.06. The maximum atomic E-state index is 11.2. The number of carbonyl (C=O) groups is 1. The summed E-state index contributed by atoms with van der Waals surface area (Å²) in [5.41, 5.74) is 9.01. The fourth-order valence-corrected chi connectivity index (χ4v) is 1.24. The molecular weight excluding hydrogens is 182 g/mol. The Kier molecular flexibility index (Phi) is 1.93. The molecule has 0 aliphatic rings. The molecule has 0 radical (unpaired) electrons. The van der Waals surface area contributed by atoms with E-state index < -0.39 is 5.91 Å². The zero-order valence-electron chi connectivity index (χ0n) is 7.04. The number of nitrogens with zero attached hydrogens (tertiary/aromatic N) is 3. The van der Waals surface area contributed by atoms with E-state index in [0.29, 0.717) is 16.5 Å². The summed E-state index contributed by atoms with van der Waals surface area (Å²) in [6.45, 7) is 0. The van der Waals surface area contributed by atoms with Gasteiger partial charge in [-0.15, -0.1) is 0 Å². The Balaban J connectivity index is 2.64. The first-order valence-electron chi connectivity index (χ1n) is 3.88. The van der Waals surface area contributed by atoms with Crippen molar-refractivity contribution in [1.82, 2.24) is 0 Å². The number of para-hydroxylation sites is 1. The Bertz CT molecular complexity index is 538. The van der Waals surface area contributed by atoms with Crippen LogP contribution in [0.4, 0.5) is 0 Å². The fourth-order valence-electron chi connectivity index (χ4n) is 1.24. The quantitative estimate of drug-likeness (QED) is 0.390. The average molecular weight is 187 g/mol. The molecule has 14 heavy (non-hydrogen) atoms. The van der Waals surface area contributed by atoms with Gasteiger partial charge in [0, 0.05) is 10.3 Å². The standard InChI is InChI=1S/C9H5N3O2/c10-12-11-9(13)7-5-14-8-4-2-1-3-6(7)8/h1-5H. The molecule has 2 aromatic rings. The van der Waals surface area contributed by atoms with Gasteiger partial charge in [-0.25, -0.2) is 0 Å². The Labute approximate surface area is 78.6 Å². The number of hydrogen-bond donors (Lipinski definition) is 0. The summed E-state index contributed by atoms with van der Waals surface area (Å²) in [5, 5.41) is 3.66. The second-order valence-corrected chi connectivity index (χ2v) is 2.64. The molecule has 1 amide bonds. The van der Waals surface area contributed by atoms with Crippen LogP contribution in [-0.2, 0) is 0 Å². The molecule has 0 aliphatic carbocycles. The van der Waals surface area contributed by atoms with E-state index in [2.05, 4.69) is 10.0 Å². The maximum Gasteiger partial charge on any atom is 0.253 e. The van der Waals surface area contributed by atoms with Crippen LogP contribution in [0.2, 0.25) is 0 Å². The third-order valence-electron chi connectivity index (χ3n) is 1.85. The summed E-state index contributed by atoms with van der Waals surface area (Å²) >= 11 is 0. The Morgan fingerprint density at radius 2 is 2.21 bits per heavy atom. The smallest absolute Gasteiger partial charge is 0.253 e. The van der Waals surface area contributed by atoms with Gasteiger partial charge in [-0.05, 0) is 16.7 Å². The van der Waals surface area contributed by atoms with Gasteiger partial charge in [-0.1, -0.05) is 18.2 Å². The molecule has 0 atom stereocenters. The van der Waals surface area contributed by atoms with Gasteiger partial charge in [0.25, 0.3) is 5.91 Å². The first-order valence-corrected chi connectivity index (χ1v) is 3.88. The summed E-state index contributed by atoms with van der Waals surface area (Å²) in [5.74, 6) is -0.627. The Morgan fingerprint density at radius 1 is 1.43 bits per heavy atom. The molecule has 5 heteroatoms. The van der Waals surface area contributed by atoms with Crippen molar-refractivity contribution in [1.29, 1.82) is 0 Å². The van der Waals surface area contributed by atoms with Crippen molar-refractivity contribution >= 4 is 16.9 Å². The van der Waals surface area contributed by atoms with Gasteiger partial charge in [0.2, 0.25) is 0 Å². The van der Waals surface area contributed by atoms with Crippen LogP contribution in [0, 0.1) is 0 Å². The molecule has 2 rings (SSSR count). The van der Waals surface area contributed by atoms with E-state index >= 15 is 0 Å². The van der Waals surface area contributed by atoms with Gasteiger partial charge < -0.3 is 4.42 Å². The number of amides is 1. The third-order valence-corrected chi connectivity index (χ3v) is 1.85. The van der Waals surface area contributed by atoms with Crippen LogP contribution in [0.3, 0.4) is 0 Å². The zero-order chi connectivity index (χ0) is 9.97. The lowest BCUT2D eigenvalue weighted by atomic mass is 10.2. The van der Waals surface area contributed by atoms with Crippen molar-refractivity contribution in [3.05, 3.63) is 46.5 Å². The molecule has 0 saturated carbocycles. The van der Waals surface area contributed by atoms with Gasteiger partial charge in [0.15, 0.2) is 0 Å². The van der Waals surface area contributed by atoms with Crippen molar-refractivity contribution in [3.8, 4) is 0 Å². The van der Waals surface area contributed by atoms with Crippen molar-refractivity contribution < 1.29 is 9.21 Å². The van der Waals surface area contributed by atoms with Gasteiger partial charge in [0.05, 0.1) is 5.56 Å². The highest BCUT2D eigenvalue weighted by Crippen LogP contribution is 2.21. The van der Waals surface area contributed by atoms with E-state index in [1.807, 2.05) is 0 Å². The monoisotopic (exact) mass is 187 g/mol. The molecular formula is C9H5N3O2. The van der Waals surface area contributed by atoms with Crippen molar-refractivity contribution in [3.63, 3.8) is 0 Å². The summed E-state index contributed by atoms with van der Waals surface area (Å²) in [7, 11) is 0. The average Bonchev–Trinajstić information content (AvgIpc) is 2.61. The van der Waals surface area contributed by atoms with E-state index in [-0.39, 0.29) is 0 Å². The number of hydrogen-bond acceptors (Lipinski definition) is 2. The van der Waals surface area contributed by atoms with Crippen molar-refractivity contribution in [2.24, 2.45) is 5.11 Å². The van der Waals surface area contributed by atoms with E-state index in [0.717, 1.165) is 0 Å². The molecule has 0 aliphatic heterocycles. The Hall–Kier alpha value is -2.26. The number of benzene rings is 1. The molecule has 68 valence electrons. The SMILES string of the molecule is [N-]=[N+]=NC(=O)c1coc2ccccc12. The summed E-state index contributed by atoms with van der Waals surface area (Å²) in [6, 6.07) is 7.06. The molecule has 0 fully saturated rings. The molecule has 1 aromatic carbocycles. The first kappa shape index (κ1) is 8.34. The normalized spacial score (nSPS) is 9.71. The minimum atomic E-state index is -0.627. The zero-order valence-corrected chi connectivity index (χ0v) is 7.04. The van der Waals surface area contributed by atoms with Crippen molar-refractivity contribution in [2.75, 3.05) is 0 Å². The summed E-state index contributed by atoms with van der Waals surface area (Å²) < 4.78 is 5.11. The predicted octanol–water partition coefficient (Wildman–Crippen LogP) is 2.88. The van der Waals surface area contributed by atoms with E-state index in [4.69, 9.17) is 9.95 Å². The third kappa shape index (κ3) is 1.22. The van der Waals surface area contributed by atoms with Crippen LogP contribution >= 0.6 is 0 Å². The fraction of sp³-hybridized carbons (Fsp3) is 0. The molecule has 0 unspecified atom stereocenters. The van der Waals surface area contributed by atoms with Crippen LogP contribution in [-0.4, -0.2) is 5.91 Å². The van der Waals surface area contributed by atoms with Crippen LogP contribution in [0.1, 0.15) is 10.4 Å². The van der Waals surface area contributed by atoms with Crippen LogP contribution in [0.15, 0.2) is 40.1 Å². The van der Waals surface area contributed by atoms with Crippen LogP contribution in [0.25, 0.3) is 21.4 Å². The highest BCUT2D eigenvalue weighted by Gasteiger charge is 2.10. The van der Waals surface area contributed by atoms with Crippen molar-refractivity contribution in [2.45, 2.75) is 0 Å². The minimum Gasteiger partial charge on any atom is -0.464 e. The van der Waals surface area contributed by atoms with E-state index in [1.165, 1.54) is 6.26 Å². The largest absolute Gasteiger partial charge is 0.464 e. The lowest BCUT2D eigenvalue weighted by molar-refractivity contribution is 0.100. The lowest BCUT2D eigenvalue weighted by Gasteiger charge is -1.88. The van der Waals surface area contributed by atoms with Gasteiger partial charge in [-0.2, -0.15) is 0 Å². The maximum absolute atomic E-state index is 11.2. The molecule has 1 aromatic heterocycles. The van der Waals surface area contributed by atoms with Gasteiger partial charge in [-0.3, -0.25) is 4.79 Å². The second kappa shape index (κ2) is 3.24. The molecule has 0 bridgehead atoms. The topological polar surface area (TPSA) is 79.0 Å². The highest BCUT2D eigenvalue weighted by atomic mass is 16.3. The second-order valence-electron chi connectivity index (χ2n) is 2.64. The van der Waals surface area contributed by atoms with E-state index in [1.54, 1.807) is 24.3 Å². The lowest BCUT2D eigenvalue weighted by Crippen LogP contribution is -1.90. The van der Waals surface area contributed by atoms with Crippen LogP contribution < -0.4 is 0 Å². The summed E-state index contributed by atoms with van der Waals surface area (Å²) in [6.07, 6.45) is 1.29. The summed E-state index contributed by atoms with van der Waals surface area (Å²) in [4.78, 5) is 13.7. The number of rotatable bonds is 1. The number of azide groups is 1. The molecule has 5 nitrogen and oxygen atoms in total. The first-order chi connectivity index (χ1) is 6.83. The van der Waals surface area contributed by atoms with Crippen LogP contribution in [0.5, 0.6) is 0 Å². The molecule has 0 spiro atoms. The number of fused-ring (bicyclic) bond motifs is 1. The number of carbonyl (C=O) groups excluding carboxylic acids is 1. The number of furan rings is 1. The molecule has 1 heterocycles.